The molecule has 0 bridgehead atoms. The third-order valence-corrected chi connectivity index (χ3v) is 5.32. The van der Waals surface area contributed by atoms with E-state index in [1.807, 2.05) is 49.4 Å². The maximum Gasteiger partial charge on any atom is 0.261 e. The number of amides is 2. The molecular weight excluding hydrogens is 443 g/mol. The summed E-state index contributed by atoms with van der Waals surface area (Å²) in [6.45, 7) is 2.20. The van der Waals surface area contributed by atoms with Crippen LogP contribution in [0.15, 0.2) is 78.9 Å². The van der Waals surface area contributed by atoms with Gasteiger partial charge in [0.25, 0.3) is 5.91 Å². The average molecular weight is 469 g/mol. The summed E-state index contributed by atoms with van der Waals surface area (Å²) in [7, 11) is 0. The van der Waals surface area contributed by atoms with Gasteiger partial charge in [-0.2, -0.15) is 0 Å². The molecule has 0 aliphatic heterocycles. The zero-order valence-corrected chi connectivity index (χ0v) is 19.1. The van der Waals surface area contributed by atoms with Gasteiger partial charge in [0.1, 0.15) is 17.6 Å². The maximum absolute atomic E-state index is 13.3. The molecule has 172 valence electrons. The highest BCUT2D eigenvalue weighted by Gasteiger charge is 2.30. The number of ether oxygens (including phenoxy) is 1. The Labute approximate surface area is 198 Å². The Kier molecular flexibility index (Phi) is 8.84. The highest BCUT2D eigenvalue weighted by molar-refractivity contribution is 6.30. The van der Waals surface area contributed by atoms with E-state index in [1.165, 1.54) is 29.2 Å². The summed E-state index contributed by atoms with van der Waals surface area (Å²) in [6, 6.07) is 21.4. The molecule has 0 fully saturated rings. The molecule has 0 unspecified atom stereocenters. The van der Waals surface area contributed by atoms with Crippen molar-refractivity contribution in [3.63, 3.8) is 0 Å². The van der Waals surface area contributed by atoms with Gasteiger partial charge in [-0.25, -0.2) is 4.39 Å². The molecule has 3 aromatic rings. The lowest BCUT2D eigenvalue weighted by Crippen LogP contribution is -2.51. The maximum atomic E-state index is 13.3. The number of benzene rings is 3. The minimum atomic E-state index is -0.743. The van der Waals surface area contributed by atoms with Crippen LogP contribution in [0.1, 0.15) is 18.1 Å². The van der Waals surface area contributed by atoms with Crippen molar-refractivity contribution in [1.82, 2.24) is 10.2 Å². The number of nitrogens with one attached hydrogen (secondary N) is 1. The molecule has 2 amide bonds. The van der Waals surface area contributed by atoms with Crippen LogP contribution >= 0.6 is 11.6 Å². The molecule has 0 aliphatic carbocycles. The molecule has 0 radical (unpaired) electrons. The largest absolute Gasteiger partial charge is 0.484 e. The van der Waals surface area contributed by atoms with Gasteiger partial charge in [0.15, 0.2) is 6.61 Å². The van der Waals surface area contributed by atoms with Crippen molar-refractivity contribution in [2.45, 2.75) is 25.9 Å². The van der Waals surface area contributed by atoms with Crippen molar-refractivity contribution >= 4 is 23.4 Å². The predicted molar refractivity (Wildman–Crippen MR) is 127 cm³/mol. The van der Waals surface area contributed by atoms with E-state index in [2.05, 4.69) is 5.32 Å². The summed E-state index contributed by atoms with van der Waals surface area (Å²) in [4.78, 5) is 27.9. The van der Waals surface area contributed by atoms with Crippen LogP contribution in [-0.2, 0) is 22.6 Å². The fourth-order valence-corrected chi connectivity index (χ4v) is 3.52. The minimum Gasteiger partial charge on any atom is -0.484 e. The number of hydrogen-bond donors (Lipinski definition) is 1. The molecule has 7 heteroatoms. The first kappa shape index (κ1) is 24.3. The highest BCUT2D eigenvalue weighted by atomic mass is 35.5. The summed E-state index contributed by atoms with van der Waals surface area (Å²) in [5.41, 5.74) is 1.76. The number of carbonyl (C=O) groups excluding carboxylic acids is 2. The molecule has 0 spiro atoms. The third-order valence-electron chi connectivity index (χ3n) is 5.06. The molecule has 0 heterocycles. The number of likely N-dealkylation sites (N-methyl/N-ethyl adjacent to an activating group) is 1. The van der Waals surface area contributed by atoms with E-state index in [-0.39, 0.29) is 25.0 Å². The van der Waals surface area contributed by atoms with Crippen LogP contribution in [0.5, 0.6) is 5.75 Å². The Bertz CT molecular complexity index is 1040. The van der Waals surface area contributed by atoms with E-state index >= 15 is 0 Å². The van der Waals surface area contributed by atoms with E-state index in [9.17, 15) is 14.0 Å². The topological polar surface area (TPSA) is 58.6 Å². The summed E-state index contributed by atoms with van der Waals surface area (Å²) >= 11 is 6.01. The van der Waals surface area contributed by atoms with Crippen LogP contribution in [0.25, 0.3) is 0 Å². The lowest BCUT2D eigenvalue weighted by atomic mass is 10.0. The van der Waals surface area contributed by atoms with Crippen molar-refractivity contribution in [3.05, 3.63) is 101 Å². The molecule has 1 atom stereocenters. The third kappa shape index (κ3) is 7.32. The van der Waals surface area contributed by atoms with Gasteiger partial charge in [0.2, 0.25) is 5.91 Å². The Morgan fingerprint density at radius 2 is 1.64 bits per heavy atom. The summed E-state index contributed by atoms with van der Waals surface area (Å²) in [5, 5.41) is 3.42. The van der Waals surface area contributed by atoms with Gasteiger partial charge < -0.3 is 15.0 Å². The van der Waals surface area contributed by atoms with Gasteiger partial charge in [-0.1, -0.05) is 54.1 Å². The fraction of sp³-hybridized carbons (Fsp3) is 0.231. The van der Waals surface area contributed by atoms with Crippen LogP contribution in [0.3, 0.4) is 0 Å². The molecule has 5 nitrogen and oxygen atoms in total. The predicted octanol–water partition coefficient (Wildman–Crippen LogP) is 4.63. The van der Waals surface area contributed by atoms with Crippen LogP contribution in [0, 0.1) is 5.82 Å². The second-order valence-corrected chi connectivity index (χ2v) is 7.93. The fourth-order valence-electron chi connectivity index (χ4n) is 3.39. The van der Waals surface area contributed by atoms with Gasteiger partial charge >= 0.3 is 0 Å². The van der Waals surface area contributed by atoms with Crippen molar-refractivity contribution < 1.29 is 18.7 Å². The van der Waals surface area contributed by atoms with Crippen LogP contribution in [0.4, 0.5) is 4.39 Å². The van der Waals surface area contributed by atoms with E-state index in [0.29, 0.717) is 23.7 Å². The van der Waals surface area contributed by atoms with Gasteiger partial charge in [0, 0.05) is 24.5 Å². The van der Waals surface area contributed by atoms with Gasteiger partial charge in [-0.15, -0.1) is 0 Å². The highest BCUT2D eigenvalue weighted by Crippen LogP contribution is 2.18. The van der Waals surface area contributed by atoms with Crippen LogP contribution < -0.4 is 10.1 Å². The second-order valence-electron chi connectivity index (χ2n) is 7.49. The Morgan fingerprint density at radius 1 is 0.970 bits per heavy atom. The average Bonchev–Trinajstić information content (AvgIpc) is 2.82. The Hall–Kier alpha value is -3.38. The van der Waals surface area contributed by atoms with Crippen molar-refractivity contribution in [1.29, 1.82) is 0 Å². The van der Waals surface area contributed by atoms with Gasteiger partial charge in [-0.05, 0) is 54.4 Å². The first-order valence-electron chi connectivity index (χ1n) is 10.7. The quantitative estimate of drug-likeness (QED) is 0.472. The Morgan fingerprint density at radius 3 is 2.27 bits per heavy atom. The van der Waals surface area contributed by atoms with Crippen molar-refractivity contribution in [3.8, 4) is 5.75 Å². The number of rotatable bonds is 10. The summed E-state index contributed by atoms with van der Waals surface area (Å²) in [6.07, 6.45) is 0.350. The molecule has 3 rings (SSSR count). The molecule has 0 saturated heterocycles. The minimum absolute atomic E-state index is 0.206. The van der Waals surface area contributed by atoms with Crippen LogP contribution in [-0.4, -0.2) is 35.9 Å². The molecule has 0 saturated carbocycles. The zero-order chi connectivity index (χ0) is 23.6. The van der Waals surface area contributed by atoms with Gasteiger partial charge in [-0.3, -0.25) is 9.59 Å². The smallest absolute Gasteiger partial charge is 0.261 e. The standard InChI is InChI=1S/C26H26ClFN2O3/c1-2-29-26(32)24(16-19-6-4-3-5-7-19)30(17-20-8-10-21(27)11-9-20)25(31)18-33-23-14-12-22(28)13-15-23/h3-15,24H,2,16-18H2,1H3,(H,29,32)/t24-/m1/s1. The first-order chi connectivity index (χ1) is 16.0. The Balaban J connectivity index is 1.87. The lowest BCUT2D eigenvalue weighted by molar-refractivity contribution is -0.142. The molecule has 3 aromatic carbocycles. The van der Waals surface area contributed by atoms with E-state index in [0.717, 1.165) is 11.1 Å². The molecule has 0 aromatic heterocycles. The number of hydrogen-bond acceptors (Lipinski definition) is 3. The monoisotopic (exact) mass is 468 g/mol. The molecule has 1 N–H and O–H groups in total. The number of halogens is 2. The van der Waals surface area contributed by atoms with E-state index in [1.54, 1.807) is 12.1 Å². The van der Waals surface area contributed by atoms with E-state index < -0.39 is 11.9 Å². The number of nitrogens with zero attached hydrogens (tertiary/aromatic N) is 1. The molecular formula is C26H26ClFN2O3. The zero-order valence-electron chi connectivity index (χ0n) is 18.3. The summed E-state index contributed by atoms with van der Waals surface area (Å²) in [5.74, 6) is -0.627. The van der Waals surface area contributed by atoms with Crippen molar-refractivity contribution in [2.75, 3.05) is 13.2 Å². The first-order valence-corrected chi connectivity index (χ1v) is 11.1. The normalized spacial score (nSPS) is 11.5. The molecule has 0 aliphatic rings. The van der Waals surface area contributed by atoms with Gasteiger partial charge in [0.05, 0.1) is 0 Å². The van der Waals surface area contributed by atoms with E-state index in [4.69, 9.17) is 16.3 Å². The SMILES string of the molecule is CCNC(=O)[C@@H](Cc1ccccc1)N(Cc1ccc(Cl)cc1)C(=O)COc1ccc(F)cc1. The molecule has 33 heavy (non-hydrogen) atoms. The second kappa shape index (κ2) is 12.0. The lowest BCUT2D eigenvalue weighted by Gasteiger charge is -2.31. The summed E-state index contributed by atoms with van der Waals surface area (Å²) < 4.78 is 18.8. The van der Waals surface area contributed by atoms with Crippen LogP contribution in [0.2, 0.25) is 5.02 Å². The number of carbonyl (C=O) groups is 2. The van der Waals surface area contributed by atoms with Crippen molar-refractivity contribution in [2.24, 2.45) is 0 Å².